The molecule has 1 unspecified atom stereocenters. The fourth-order valence-electron chi connectivity index (χ4n) is 1.89. The predicted octanol–water partition coefficient (Wildman–Crippen LogP) is -0.159. The quantitative estimate of drug-likeness (QED) is 0.694. The molecule has 1 aliphatic heterocycles. The minimum Gasteiger partial charge on any atom is -0.347 e. The Morgan fingerprint density at radius 2 is 2.24 bits per heavy atom. The van der Waals surface area contributed by atoms with E-state index < -0.39 is 0 Å². The minimum atomic E-state index is -0.365. The van der Waals surface area contributed by atoms with E-state index >= 15 is 0 Å². The van der Waals surface area contributed by atoms with Crippen molar-refractivity contribution >= 4 is 11.8 Å². The fourth-order valence-corrected chi connectivity index (χ4v) is 1.89. The summed E-state index contributed by atoms with van der Waals surface area (Å²) in [5, 5.41) is 3.15. The monoisotopic (exact) mass is 239 g/mol. The van der Waals surface area contributed by atoms with Crippen molar-refractivity contribution in [3.05, 3.63) is 12.7 Å². The van der Waals surface area contributed by atoms with Crippen LogP contribution in [-0.2, 0) is 9.59 Å². The predicted molar refractivity (Wildman–Crippen MR) is 66.5 cm³/mol. The summed E-state index contributed by atoms with van der Waals surface area (Å²) in [5.41, 5.74) is 0. The van der Waals surface area contributed by atoms with Crippen LogP contribution in [0.3, 0.4) is 0 Å². The average Bonchev–Trinajstić information content (AvgIpc) is 2.34. The molecule has 0 radical (unpaired) electrons. The Morgan fingerprint density at radius 3 is 2.82 bits per heavy atom. The van der Waals surface area contributed by atoms with Crippen molar-refractivity contribution in [2.45, 2.75) is 18.9 Å². The lowest BCUT2D eigenvalue weighted by Gasteiger charge is -2.36. The number of nitrogens with zero attached hydrogens (tertiary/aromatic N) is 2. The second-order valence-electron chi connectivity index (χ2n) is 4.37. The molecule has 5 heteroatoms. The lowest BCUT2D eigenvalue weighted by Crippen LogP contribution is -2.59. The molecule has 96 valence electrons. The molecule has 1 atom stereocenters. The van der Waals surface area contributed by atoms with E-state index in [1.807, 2.05) is 0 Å². The number of piperazine rings is 1. The zero-order valence-electron chi connectivity index (χ0n) is 10.6. The van der Waals surface area contributed by atoms with Crippen LogP contribution in [0.4, 0.5) is 0 Å². The molecule has 0 aromatic rings. The summed E-state index contributed by atoms with van der Waals surface area (Å²) in [6.45, 7) is 5.48. The average molecular weight is 239 g/mol. The lowest BCUT2D eigenvalue weighted by atomic mass is 10.1. The highest BCUT2D eigenvalue weighted by atomic mass is 16.2. The second kappa shape index (κ2) is 6.39. The van der Waals surface area contributed by atoms with Crippen molar-refractivity contribution in [2.75, 3.05) is 33.7 Å². The normalized spacial score (nSPS) is 19.9. The van der Waals surface area contributed by atoms with Crippen LogP contribution < -0.4 is 5.32 Å². The van der Waals surface area contributed by atoms with Crippen LogP contribution in [-0.4, -0.2) is 61.4 Å². The minimum absolute atomic E-state index is 0.0239. The van der Waals surface area contributed by atoms with E-state index in [1.165, 1.54) is 4.90 Å². The topological polar surface area (TPSA) is 52.7 Å². The van der Waals surface area contributed by atoms with Crippen molar-refractivity contribution in [3.8, 4) is 0 Å². The highest BCUT2D eigenvalue weighted by Gasteiger charge is 2.32. The summed E-state index contributed by atoms with van der Waals surface area (Å²) in [4.78, 5) is 27.1. The van der Waals surface area contributed by atoms with E-state index in [1.54, 1.807) is 25.1 Å². The van der Waals surface area contributed by atoms with Crippen LogP contribution in [0, 0.1) is 0 Å². The van der Waals surface area contributed by atoms with Gasteiger partial charge in [0.15, 0.2) is 0 Å². The van der Waals surface area contributed by atoms with E-state index in [0.717, 1.165) is 6.54 Å². The van der Waals surface area contributed by atoms with E-state index in [2.05, 4.69) is 11.9 Å². The SMILES string of the molecule is C=CCCC(=O)N1CCNCC1C(=O)N(C)C. The van der Waals surface area contributed by atoms with Crippen LogP contribution in [0.1, 0.15) is 12.8 Å². The maximum absolute atomic E-state index is 12.0. The van der Waals surface area contributed by atoms with Gasteiger partial charge in [0.1, 0.15) is 6.04 Å². The Hall–Kier alpha value is -1.36. The molecule has 0 saturated carbocycles. The molecule has 1 saturated heterocycles. The summed E-state index contributed by atoms with van der Waals surface area (Å²) in [5.74, 6) is 0.00996. The summed E-state index contributed by atoms with van der Waals surface area (Å²) in [6, 6.07) is -0.365. The van der Waals surface area contributed by atoms with Crippen molar-refractivity contribution in [2.24, 2.45) is 0 Å². The number of rotatable bonds is 4. The molecular formula is C12H21N3O2. The number of amides is 2. The maximum atomic E-state index is 12.0. The van der Waals surface area contributed by atoms with Gasteiger partial charge in [0.05, 0.1) is 0 Å². The van der Waals surface area contributed by atoms with Gasteiger partial charge < -0.3 is 15.1 Å². The third-order valence-corrected chi connectivity index (χ3v) is 2.85. The van der Waals surface area contributed by atoms with Crippen LogP contribution in [0.5, 0.6) is 0 Å². The third kappa shape index (κ3) is 3.56. The number of carbonyl (C=O) groups excluding carboxylic acids is 2. The number of hydrogen-bond donors (Lipinski definition) is 1. The molecule has 2 amide bonds. The standard InChI is InChI=1S/C12H21N3O2/c1-4-5-6-11(16)15-8-7-13-9-10(15)12(17)14(2)3/h4,10,13H,1,5-9H2,2-3H3. The summed E-state index contributed by atoms with van der Waals surface area (Å²) in [6.07, 6.45) is 2.81. The maximum Gasteiger partial charge on any atom is 0.246 e. The van der Waals surface area contributed by atoms with Gasteiger partial charge in [-0.15, -0.1) is 6.58 Å². The Balaban J connectivity index is 2.68. The molecule has 1 N–H and O–H groups in total. The largest absolute Gasteiger partial charge is 0.347 e. The molecule has 0 aromatic heterocycles. The van der Waals surface area contributed by atoms with Gasteiger partial charge in [-0.05, 0) is 6.42 Å². The van der Waals surface area contributed by atoms with Crippen LogP contribution in [0.2, 0.25) is 0 Å². The highest BCUT2D eigenvalue weighted by Crippen LogP contribution is 2.09. The third-order valence-electron chi connectivity index (χ3n) is 2.85. The van der Waals surface area contributed by atoms with Crippen molar-refractivity contribution in [1.29, 1.82) is 0 Å². The molecule has 0 bridgehead atoms. The molecule has 0 aromatic carbocycles. The van der Waals surface area contributed by atoms with Gasteiger partial charge in [0, 0.05) is 40.2 Å². The Morgan fingerprint density at radius 1 is 1.53 bits per heavy atom. The van der Waals surface area contributed by atoms with E-state index in [-0.39, 0.29) is 17.9 Å². The van der Waals surface area contributed by atoms with Gasteiger partial charge in [0.25, 0.3) is 0 Å². The molecule has 5 nitrogen and oxygen atoms in total. The molecule has 1 heterocycles. The molecule has 1 rings (SSSR count). The van der Waals surface area contributed by atoms with Gasteiger partial charge in [-0.2, -0.15) is 0 Å². The number of nitrogens with one attached hydrogen (secondary N) is 1. The van der Waals surface area contributed by atoms with Gasteiger partial charge >= 0.3 is 0 Å². The molecule has 0 aliphatic carbocycles. The molecule has 0 spiro atoms. The molecule has 17 heavy (non-hydrogen) atoms. The molecule has 1 aliphatic rings. The fraction of sp³-hybridized carbons (Fsp3) is 0.667. The number of allylic oxidation sites excluding steroid dienone is 1. The van der Waals surface area contributed by atoms with Crippen LogP contribution >= 0.6 is 0 Å². The number of carbonyl (C=O) groups is 2. The first-order chi connectivity index (χ1) is 8.07. The van der Waals surface area contributed by atoms with E-state index in [0.29, 0.717) is 25.9 Å². The Labute approximate surface area is 102 Å². The first-order valence-electron chi connectivity index (χ1n) is 5.90. The van der Waals surface area contributed by atoms with Gasteiger partial charge in [-0.25, -0.2) is 0 Å². The Bertz CT molecular complexity index is 302. The first kappa shape index (κ1) is 13.7. The number of hydrogen-bond acceptors (Lipinski definition) is 3. The molecular weight excluding hydrogens is 218 g/mol. The zero-order chi connectivity index (χ0) is 12.8. The van der Waals surface area contributed by atoms with E-state index in [9.17, 15) is 9.59 Å². The summed E-state index contributed by atoms with van der Waals surface area (Å²) < 4.78 is 0. The first-order valence-corrected chi connectivity index (χ1v) is 5.90. The van der Waals surface area contributed by atoms with Crippen LogP contribution in [0.25, 0.3) is 0 Å². The van der Waals surface area contributed by atoms with Crippen molar-refractivity contribution in [3.63, 3.8) is 0 Å². The molecule has 1 fully saturated rings. The second-order valence-corrected chi connectivity index (χ2v) is 4.37. The summed E-state index contributed by atoms with van der Waals surface area (Å²) in [7, 11) is 3.42. The Kier molecular flexibility index (Phi) is 5.15. The van der Waals surface area contributed by atoms with E-state index in [4.69, 9.17) is 0 Å². The number of likely N-dealkylation sites (N-methyl/N-ethyl adjacent to an activating group) is 1. The van der Waals surface area contributed by atoms with Crippen molar-refractivity contribution < 1.29 is 9.59 Å². The lowest BCUT2D eigenvalue weighted by molar-refractivity contribution is -0.145. The zero-order valence-corrected chi connectivity index (χ0v) is 10.6. The van der Waals surface area contributed by atoms with Gasteiger partial charge in [-0.3, -0.25) is 9.59 Å². The van der Waals surface area contributed by atoms with Crippen molar-refractivity contribution in [1.82, 2.24) is 15.1 Å². The summed E-state index contributed by atoms with van der Waals surface area (Å²) >= 11 is 0. The highest BCUT2D eigenvalue weighted by molar-refractivity contribution is 5.88. The van der Waals surface area contributed by atoms with Gasteiger partial charge in [0.2, 0.25) is 11.8 Å². The van der Waals surface area contributed by atoms with Gasteiger partial charge in [-0.1, -0.05) is 6.08 Å². The van der Waals surface area contributed by atoms with Crippen LogP contribution in [0.15, 0.2) is 12.7 Å². The smallest absolute Gasteiger partial charge is 0.246 e.